The van der Waals surface area contributed by atoms with Crippen LogP contribution in [0.15, 0.2) is 30.3 Å². The summed E-state index contributed by atoms with van der Waals surface area (Å²) in [7, 11) is -1.89. The van der Waals surface area contributed by atoms with Gasteiger partial charge >= 0.3 is 5.97 Å². The summed E-state index contributed by atoms with van der Waals surface area (Å²) in [6.45, 7) is 19.8. The summed E-state index contributed by atoms with van der Waals surface area (Å²) in [5.41, 5.74) is 1.14. The first-order valence-corrected chi connectivity index (χ1v) is 12.8. The zero-order chi connectivity index (χ0) is 19.9. The van der Waals surface area contributed by atoms with Crippen LogP contribution in [0.3, 0.4) is 0 Å². The molecule has 0 aromatic heterocycles. The predicted molar refractivity (Wildman–Crippen MR) is 110 cm³/mol. The zero-order valence-corrected chi connectivity index (χ0v) is 18.9. The topological polar surface area (TPSA) is 35.5 Å². The van der Waals surface area contributed by atoms with Crippen LogP contribution in [0.5, 0.6) is 0 Å². The first-order chi connectivity index (χ1) is 11.8. The van der Waals surface area contributed by atoms with E-state index in [1.165, 1.54) is 5.56 Å². The van der Waals surface area contributed by atoms with Crippen LogP contribution in [-0.2, 0) is 14.3 Å². The highest BCUT2D eigenvalue weighted by molar-refractivity contribution is 6.81. The lowest BCUT2D eigenvalue weighted by Crippen LogP contribution is -2.56. The SMILES string of the molecule is CC1OC(C(C)(C)C)OC(=O)C1C(c1ccccc1)[Si](C)(C)C(C)(C)C. The van der Waals surface area contributed by atoms with Gasteiger partial charge in [0.05, 0.1) is 20.1 Å². The Morgan fingerprint density at radius 2 is 1.54 bits per heavy atom. The summed E-state index contributed by atoms with van der Waals surface area (Å²) in [6, 6.07) is 10.5. The van der Waals surface area contributed by atoms with Crippen molar-refractivity contribution in [3.63, 3.8) is 0 Å². The highest BCUT2D eigenvalue weighted by Crippen LogP contribution is 2.50. The molecule has 4 heteroatoms. The highest BCUT2D eigenvalue weighted by Gasteiger charge is 2.53. The number of carbonyl (C=O) groups is 1. The maximum Gasteiger partial charge on any atom is 0.314 e. The summed E-state index contributed by atoms with van der Waals surface area (Å²) in [4.78, 5) is 13.2. The van der Waals surface area contributed by atoms with Crippen molar-refractivity contribution in [1.29, 1.82) is 0 Å². The Balaban J connectivity index is 2.49. The van der Waals surface area contributed by atoms with Gasteiger partial charge in [-0.15, -0.1) is 0 Å². The molecule has 0 spiro atoms. The molecule has 1 aromatic rings. The second-order valence-electron chi connectivity index (χ2n) is 10.4. The standard InChI is InChI=1S/C22H36O3Si/c1-15-17(19(23)25-20(24-15)21(2,3)4)18(16-13-11-10-12-14-16)26(8,9)22(5,6)7/h10-15,17-18,20H,1-9H3. The van der Waals surface area contributed by atoms with Crippen molar-refractivity contribution < 1.29 is 14.3 Å². The van der Waals surface area contributed by atoms with Gasteiger partial charge in [0.1, 0.15) is 0 Å². The van der Waals surface area contributed by atoms with Gasteiger partial charge in [-0.2, -0.15) is 0 Å². The van der Waals surface area contributed by atoms with Crippen molar-refractivity contribution in [3.05, 3.63) is 35.9 Å². The van der Waals surface area contributed by atoms with E-state index in [4.69, 9.17) is 9.47 Å². The van der Waals surface area contributed by atoms with Crippen molar-refractivity contribution in [2.24, 2.45) is 11.3 Å². The number of esters is 1. The molecule has 1 aromatic carbocycles. The van der Waals surface area contributed by atoms with Gasteiger partial charge in [-0.05, 0) is 23.1 Å². The molecule has 1 aliphatic heterocycles. The molecule has 146 valence electrons. The first kappa shape index (κ1) is 21.2. The van der Waals surface area contributed by atoms with Crippen LogP contribution >= 0.6 is 0 Å². The molecule has 0 bridgehead atoms. The van der Waals surface area contributed by atoms with Crippen molar-refractivity contribution >= 4 is 14.0 Å². The average molecular weight is 377 g/mol. The van der Waals surface area contributed by atoms with Gasteiger partial charge in [0.25, 0.3) is 0 Å². The highest BCUT2D eigenvalue weighted by atomic mass is 28.3. The second kappa shape index (κ2) is 7.12. The minimum Gasteiger partial charge on any atom is -0.435 e. The molecule has 0 radical (unpaired) electrons. The van der Waals surface area contributed by atoms with Crippen molar-refractivity contribution in [2.45, 2.75) is 84.5 Å². The Morgan fingerprint density at radius 1 is 1.00 bits per heavy atom. The number of ether oxygens (including phenoxy) is 2. The molecule has 1 fully saturated rings. The molecule has 2 rings (SSSR count). The first-order valence-electron chi connectivity index (χ1n) is 9.67. The summed E-state index contributed by atoms with van der Waals surface area (Å²) in [5, 5.41) is 0.147. The lowest BCUT2D eigenvalue weighted by molar-refractivity contribution is -0.254. The Kier molecular flexibility index (Phi) is 5.80. The second-order valence-corrected chi connectivity index (χ2v) is 15.9. The summed E-state index contributed by atoms with van der Waals surface area (Å²) in [5.74, 6) is -0.376. The minimum absolute atomic E-state index is 0.109. The van der Waals surface area contributed by atoms with Gasteiger partial charge in [-0.1, -0.05) is 85.0 Å². The molecule has 0 saturated carbocycles. The number of benzene rings is 1. The van der Waals surface area contributed by atoms with E-state index >= 15 is 0 Å². The number of hydrogen-bond donors (Lipinski definition) is 0. The maximum absolute atomic E-state index is 13.2. The Bertz CT molecular complexity index is 625. The van der Waals surface area contributed by atoms with E-state index in [1.54, 1.807) is 0 Å². The number of carbonyl (C=O) groups excluding carboxylic acids is 1. The van der Waals surface area contributed by atoms with Crippen molar-refractivity contribution in [3.8, 4) is 0 Å². The van der Waals surface area contributed by atoms with E-state index in [9.17, 15) is 4.79 Å². The average Bonchev–Trinajstić information content (AvgIpc) is 2.49. The van der Waals surface area contributed by atoms with Gasteiger partial charge in [0, 0.05) is 5.41 Å². The zero-order valence-electron chi connectivity index (χ0n) is 17.9. The fraction of sp³-hybridized carbons (Fsp3) is 0.682. The van der Waals surface area contributed by atoms with Crippen LogP contribution in [-0.4, -0.2) is 26.4 Å². The molecule has 1 aliphatic rings. The van der Waals surface area contributed by atoms with E-state index in [0.29, 0.717) is 0 Å². The number of cyclic esters (lactones) is 1. The van der Waals surface area contributed by atoms with Crippen LogP contribution in [0.2, 0.25) is 18.1 Å². The van der Waals surface area contributed by atoms with Crippen LogP contribution < -0.4 is 0 Å². The largest absolute Gasteiger partial charge is 0.435 e. The van der Waals surface area contributed by atoms with E-state index in [1.807, 2.05) is 33.8 Å². The maximum atomic E-state index is 13.2. The van der Waals surface area contributed by atoms with E-state index in [0.717, 1.165) is 0 Å². The minimum atomic E-state index is -1.89. The number of rotatable bonds is 3. The molecule has 4 unspecified atom stereocenters. The smallest absolute Gasteiger partial charge is 0.314 e. The molecule has 0 amide bonds. The lowest BCUT2D eigenvalue weighted by Gasteiger charge is -2.50. The Hall–Kier alpha value is -1.13. The molecule has 0 N–H and O–H groups in total. The molecule has 26 heavy (non-hydrogen) atoms. The fourth-order valence-electron chi connectivity index (χ4n) is 3.67. The van der Waals surface area contributed by atoms with Crippen LogP contribution in [0.1, 0.15) is 59.6 Å². The summed E-state index contributed by atoms with van der Waals surface area (Å²) >= 11 is 0. The van der Waals surface area contributed by atoms with E-state index < -0.39 is 14.4 Å². The molecule has 3 nitrogen and oxygen atoms in total. The third-order valence-corrected chi connectivity index (χ3v) is 12.4. The van der Waals surface area contributed by atoms with Gasteiger partial charge < -0.3 is 9.47 Å². The van der Waals surface area contributed by atoms with Crippen LogP contribution in [0, 0.1) is 11.3 Å². The Morgan fingerprint density at radius 3 is 1.96 bits per heavy atom. The van der Waals surface area contributed by atoms with Crippen LogP contribution in [0.4, 0.5) is 0 Å². The Labute approximate surface area is 160 Å². The van der Waals surface area contributed by atoms with Gasteiger partial charge in [0.2, 0.25) is 6.29 Å². The summed E-state index contributed by atoms with van der Waals surface area (Å²) < 4.78 is 12.0. The summed E-state index contributed by atoms with van der Waals surface area (Å²) in [6.07, 6.45) is -0.656. The fourth-order valence-corrected chi connectivity index (χ4v) is 6.93. The van der Waals surface area contributed by atoms with Gasteiger partial charge in [0.15, 0.2) is 0 Å². The molecular formula is C22H36O3Si. The van der Waals surface area contributed by atoms with Gasteiger partial charge in [-0.25, -0.2) is 0 Å². The third-order valence-electron chi connectivity index (χ3n) is 6.27. The van der Waals surface area contributed by atoms with Gasteiger partial charge in [-0.3, -0.25) is 4.79 Å². The molecule has 1 heterocycles. The van der Waals surface area contributed by atoms with Crippen LogP contribution in [0.25, 0.3) is 0 Å². The lowest BCUT2D eigenvalue weighted by atomic mass is 9.90. The quantitative estimate of drug-likeness (QED) is 0.496. The normalized spacial score (nSPS) is 26.3. The molecule has 4 atom stereocenters. The molecule has 0 aliphatic carbocycles. The van der Waals surface area contributed by atoms with E-state index in [-0.39, 0.29) is 34.0 Å². The predicted octanol–water partition coefficient (Wildman–Crippen LogP) is 5.77. The third kappa shape index (κ3) is 4.06. The monoisotopic (exact) mass is 376 g/mol. The molecular weight excluding hydrogens is 340 g/mol. The van der Waals surface area contributed by atoms with Crippen molar-refractivity contribution in [1.82, 2.24) is 0 Å². The van der Waals surface area contributed by atoms with E-state index in [2.05, 4.69) is 58.1 Å². The molecule has 1 saturated heterocycles. The number of hydrogen-bond acceptors (Lipinski definition) is 3. The van der Waals surface area contributed by atoms with Crippen molar-refractivity contribution in [2.75, 3.05) is 0 Å².